The molecule has 0 saturated heterocycles. The molecular formula is C16H36. The summed E-state index contributed by atoms with van der Waals surface area (Å²) < 4.78 is 0. The molecule has 0 nitrogen and oxygen atoms in total. The molecule has 16 heavy (non-hydrogen) atoms. The third kappa shape index (κ3) is 16.4. The SMILES string of the molecule is CCCC(C)CC.CCCC(C)CC(C)C. The van der Waals surface area contributed by atoms with Gasteiger partial charge in [0.1, 0.15) is 0 Å². The van der Waals surface area contributed by atoms with Crippen molar-refractivity contribution in [3.8, 4) is 0 Å². The quantitative estimate of drug-likeness (QED) is 0.479. The van der Waals surface area contributed by atoms with E-state index in [2.05, 4.69) is 48.5 Å². The van der Waals surface area contributed by atoms with Gasteiger partial charge in [0.15, 0.2) is 0 Å². The molecule has 0 heteroatoms. The summed E-state index contributed by atoms with van der Waals surface area (Å²) in [6.45, 7) is 16.0. The summed E-state index contributed by atoms with van der Waals surface area (Å²) in [6.07, 6.45) is 8.22. The van der Waals surface area contributed by atoms with Gasteiger partial charge < -0.3 is 0 Å². The average molecular weight is 228 g/mol. The Kier molecular flexibility index (Phi) is 15.0. The maximum Gasteiger partial charge on any atom is -0.0440 e. The topological polar surface area (TPSA) is 0 Å². The van der Waals surface area contributed by atoms with Gasteiger partial charge in [0.05, 0.1) is 0 Å². The van der Waals surface area contributed by atoms with Gasteiger partial charge in [-0.2, -0.15) is 0 Å². The average Bonchev–Trinajstić information content (AvgIpc) is 2.18. The highest BCUT2D eigenvalue weighted by Crippen LogP contribution is 2.15. The lowest BCUT2D eigenvalue weighted by Gasteiger charge is -2.11. The van der Waals surface area contributed by atoms with Gasteiger partial charge >= 0.3 is 0 Å². The van der Waals surface area contributed by atoms with Crippen LogP contribution in [0.2, 0.25) is 0 Å². The van der Waals surface area contributed by atoms with E-state index in [0.29, 0.717) is 0 Å². The van der Waals surface area contributed by atoms with E-state index in [-0.39, 0.29) is 0 Å². The van der Waals surface area contributed by atoms with Crippen LogP contribution >= 0.6 is 0 Å². The summed E-state index contributed by atoms with van der Waals surface area (Å²) in [5, 5.41) is 0. The minimum atomic E-state index is 0.881. The highest BCUT2D eigenvalue weighted by atomic mass is 14.1. The molecule has 0 saturated carbocycles. The molecule has 2 atom stereocenters. The lowest BCUT2D eigenvalue weighted by Crippen LogP contribution is -1.98. The first-order chi connectivity index (χ1) is 7.47. The molecular weight excluding hydrogens is 192 g/mol. The smallest absolute Gasteiger partial charge is 0.0440 e. The summed E-state index contributed by atoms with van der Waals surface area (Å²) in [5.41, 5.74) is 0. The van der Waals surface area contributed by atoms with Gasteiger partial charge in [-0.15, -0.1) is 0 Å². The maximum atomic E-state index is 2.35. The van der Waals surface area contributed by atoms with Crippen LogP contribution in [0.5, 0.6) is 0 Å². The van der Waals surface area contributed by atoms with Gasteiger partial charge in [0, 0.05) is 0 Å². The molecule has 0 rings (SSSR count). The van der Waals surface area contributed by atoms with Gasteiger partial charge in [0.2, 0.25) is 0 Å². The van der Waals surface area contributed by atoms with Crippen molar-refractivity contribution in [1.29, 1.82) is 0 Å². The van der Waals surface area contributed by atoms with Crippen LogP contribution in [0.1, 0.15) is 87.0 Å². The lowest BCUT2D eigenvalue weighted by atomic mass is 9.95. The molecule has 0 aliphatic heterocycles. The van der Waals surface area contributed by atoms with Crippen molar-refractivity contribution >= 4 is 0 Å². The minimum absolute atomic E-state index is 0.881. The third-order valence-corrected chi connectivity index (χ3v) is 3.13. The van der Waals surface area contributed by atoms with Crippen LogP contribution < -0.4 is 0 Å². The van der Waals surface area contributed by atoms with Gasteiger partial charge in [-0.25, -0.2) is 0 Å². The Hall–Kier alpha value is 0. The minimum Gasteiger partial charge on any atom is -0.0654 e. The van der Waals surface area contributed by atoms with Crippen LogP contribution in [-0.2, 0) is 0 Å². The van der Waals surface area contributed by atoms with Crippen LogP contribution in [0.25, 0.3) is 0 Å². The Morgan fingerprint density at radius 2 is 1.12 bits per heavy atom. The summed E-state index contributed by atoms with van der Waals surface area (Å²) in [4.78, 5) is 0. The second-order valence-corrected chi connectivity index (χ2v) is 5.83. The molecule has 0 aromatic rings. The Labute approximate surface area is 105 Å². The van der Waals surface area contributed by atoms with E-state index in [1.165, 1.54) is 38.5 Å². The van der Waals surface area contributed by atoms with Crippen molar-refractivity contribution in [3.05, 3.63) is 0 Å². The monoisotopic (exact) mass is 228 g/mol. The van der Waals surface area contributed by atoms with Crippen molar-refractivity contribution in [2.24, 2.45) is 17.8 Å². The van der Waals surface area contributed by atoms with E-state index >= 15 is 0 Å². The fourth-order valence-corrected chi connectivity index (χ4v) is 2.11. The van der Waals surface area contributed by atoms with Crippen molar-refractivity contribution in [2.45, 2.75) is 87.0 Å². The zero-order valence-corrected chi connectivity index (χ0v) is 13.0. The Balaban J connectivity index is 0. The molecule has 0 aromatic carbocycles. The fraction of sp³-hybridized carbons (Fsp3) is 1.00. The Morgan fingerprint density at radius 3 is 1.38 bits per heavy atom. The van der Waals surface area contributed by atoms with Gasteiger partial charge in [-0.05, 0) is 24.2 Å². The van der Waals surface area contributed by atoms with Crippen LogP contribution in [0.15, 0.2) is 0 Å². The molecule has 0 aliphatic carbocycles. The highest BCUT2D eigenvalue weighted by molar-refractivity contribution is 4.54. The van der Waals surface area contributed by atoms with Crippen molar-refractivity contribution < 1.29 is 0 Å². The number of hydrogen-bond acceptors (Lipinski definition) is 0. The van der Waals surface area contributed by atoms with Crippen LogP contribution in [-0.4, -0.2) is 0 Å². The largest absolute Gasteiger partial charge is 0.0654 e. The lowest BCUT2D eigenvalue weighted by molar-refractivity contribution is 0.412. The molecule has 0 bridgehead atoms. The first-order valence-electron chi connectivity index (χ1n) is 7.47. The van der Waals surface area contributed by atoms with Gasteiger partial charge in [-0.3, -0.25) is 0 Å². The summed E-state index contributed by atoms with van der Waals surface area (Å²) in [7, 11) is 0. The predicted molar refractivity (Wildman–Crippen MR) is 77.9 cm³/mol. The van der Waals surface area contributed by atoms with E-state index in [4.69, 9.17) is 0 Å². The molecule has 0 radical (unpaired) electrons. The van der Waals surface area contributed by atoms with E-state index in [1.54, 1.807) is 0 Å². The Morgan fingerprint density at radius 1 is 0.688 bits per heavy atom. The van der Waals surface area contributed by atoms with Crippen LogP contribution in [0.3, 0.4) is 0 Å². The number of rotatable bonds is 7. The summed E-state index contributed by atoms with van der Waals surface area (Å²) in [5.74, 6) is 2.77. The van der Waals surface area contributed by atoms with E-state index in [9.17, 15) is 0 Å². The summed E-state index contributed by atoms with van der Waals surface area (Å²) >= 11 is 0. The molecule has 2 unspecified atom stereocenters. The molecule has 0 spiro atoms. The molecule has 0 aliphatic rings. The molecule has 0 N–H and O–H groups in total. The molecule has 0 heterocycles. The second-order valence-electron chi connectivity index (χ2n) is 5.83. The van der Waals surface area contributed by atoms with Gasteiger partial charge in [0.25, 0.3) is 0 Å². The van der Waals surface area contributed by atoms with Crippen molar-refractivity contribution in [1.82, 2.24) is 0 Å². The zero-order chi connectivity index (χ0) is 13.0. The Bertz CT molecular complexity index is 115. The normalized spacial score (nSPS) is 14.2. The zero-order valence-electron chi connectivity index (χ0n) is 13.0. The van der Waals surface area contributed by atoms with Crippen molar-refractivity contribution in [3.63, 3.8) is 0 Å². The molecule has 100 valence electrons. The molecule has 0 amide bonds. The second kappa shape index (κ2) is 13.1. The first-order valence-corrected chi connectivity index (χ1v) is 7.47. The number of hydrogen-bond donors (Lipinski definition) is 0. The standard InChI is InChI=1S/C9H20.C7H16/c1-5-6-9(4)7-8(2)3;1-4-6-7(3)5-2/h8-9H,5-7H2,1-4H3;7H,4-6H2,1-3H3. The van der Waals surface area contributed by atoms with Crippen LogP contribution in [0.4, 0.5) is 0 Å². The molecule has 0 aromatic heterocycles. The summed E-state index contributed by atoms with van der Waals surface area (Å²) in [6, 6.07) is 0. The van der Waals surface area contributed by atoms with E-state index in [0.717, 1.165) is 17.8 Å². The van der Waals surface area contributed by atoms with E-state index < -0.39 is 0 Å². The van der Waals surface area contributed by atoms with E-state index in [1.807, 2.05) is 0 Å². The van der Waals surface area contributed by atoms with Crippen LogP contribution in [0, 0.1) is 17.8 Å². The predicted octanol–water partition coefficient (Wildman–Crippen LogP) is 6.30. The molecule has 0 fully saturated rings. The fourth-order valence-electron chi connectivity index (χ4n) is 2.11. The van der Waals surface area contributed by atoms with Gasteiger partial charge in [-0.1, -0.05) is 80.6 Å². The third-order valence-electron chi connectivity index (χ3n) is 3.13. The van der Waals surface area contributed by atoms with Crippen molar-refractivity contribution in [2.75, 3.05) is 0 Å². The maximum absolute atomic E-state index is 2.35. The first kappa shape index (κ1) is 18.4. The highest BCUT2D eigenvalue weighted by Gasteiger charge is 2.02.